The van der Waals surface area contributed by atoms with Crippen molar-refractivity contribution < 1.29 is 4.79 Å². The van der Waals surface area contributed by atoms with E-state index in [9.17, 15) is 4.79 Å². The molecule has 0 aromatic carbocycles. The number of ketones is 1. The van der Waals surface area contributed by atoms with Crippen LogP contribution in [0.5, 0.6) is 0 Å². The molecule has 2 aliphatic heterocycles. The van der Waals surface area contributed by atoms with Crippen molar-refractivity contribution in [3.8, 4) is 0 Å². The van der Waals surface area contributed by atoms with Gasteiger partial charge in [-0.3, -0.25) is 14.6 Å². The van der Waals surface area contributed by atoms with Crippen molar-refractivity contribution >= 4 is 11.7 Å². The summed E-state index contributed by atoms with van der Waals surface area (Å²) in [5.74, 6) is 1.81. The first kappa shape index (κ1) is 22.7. The van der Waals surface area contributed by atoms with E-state index < -0.39 is 0 Å². The van der Waals surface area contributed by atoms with E-state index in [1.807, 2.05) is 26.2 Å². The average molecular weight is 428 g/mol. The van der Waals surface area contributed by atoms with Gasteiger partial charge in [-0.05, 0) is 59.4 Å². The van der Waals surface area contributed by atoms with Crippen LogP contribution in [0.2, 0.25) is 0 Å². The highest BCUT2D eigenvalue weighted by Gasteiger charge is 2.41. The Bertz CT molecular complexity index is 727. The number of fused-ring (bicyclic) bond motifs is 2. The van der Waals surface area contributed by atoms with Crippen molar-refractivity contribution in [2.24, 2.45) is 11.8 Å². The van der Waals surface area contributed by atoms with Gasteiger partial charge >= 0.3 is 0 Å². The molecule has 2 atom stereocenters. The molecule has 3 aliphatic rings. The lowest BCUT2D eigenvalue weighted by Gasteiger charge is -2.42. The summed E-state index contributed by atoms with van der Waals surface area (Å²) in [5, 5.41) is 0. The Labute approximate surface area is 188 Å². The van der Waals surface area contributed by atoms with Crippen LogP contribution in [0.25, 0.3) is 0 Å². The summed E-state index contributed by atoms with van der Waals surface area (Å²) in [6, 6.07) is 2.27. The number of Topliss-reactive ketones (excluding diaryl/α,β-unsaturated/α-hetero) is 1. The molecule has 31 heavy (non-hydrogen) atoms. The maximum absolute atomic E-state index is 12.3. The Balaban J connectivity index is 1.31. The monoisotopic (exact) mass is 427 g/mol. The van der Waals surface area contributed by atoms with Gasteiger partial charge < -0.3 is 4.90 Å². The van der Waals surface area contributed by atoms with Crippen LogP contribution in [-0.4, -0.2) is 69.9 Å². The molecule has 2 bridgehead atoms. The minimum atomic E-state index is 0.165. The molecule has 172 valence electrons. The van der Waals surface area contributed by atoms with Gasteiger partial charge in [0.15, 0.2) is 0 Å². The molecule has 1 aliphatic carbocycles. The maximum Gasteiger partial charge on any atom is 0.225 e. The maximum atomic E-state index is 12.3. The van der Waals surface area contributed by atoms with E-state index in [-0.39, 0.29) is 11.8 Å². The fourth-order valence-corrected chi connectivity index (χ4v) is 5.94. The number of carbonyl (C=O) groups is 1. The van der Waals surface area contributed by atoms with Crippen LogP contribution in [0.4, 0.5) is 5.95 Å². The van der Waals surface area contributed by atoms with E-state index in [2.05, 4.69) is 35.6 Å². The van der Waals surface area contributed by atoms with Gasteiger partial charge in [0, 0.05) is 73.6 Å². The summed E-state index contributed by atoms with van der Waals surface area (Å²) < 4.78 is 0. The SMILES string of the molecule is CC(C)C(=O)C1CCC(N(C)Cc2cnc(N3C4CCC3CN(C(C)C)C4)nc2)CC1. The molecule has 1 saturated carbocycles. The van der Waals surface area contributed by atoms with E-state index in [1.54, 1.807) is 0 Å². The fraction of sp³-hybridized carbons (Fsp3) is 0.800. The number of likely N-dealkylation sites (tertiary alicyclic amines) is 1. The third-order valence-electron chi connectivity index (χ3n) is 7.89. The zero-order valence-corrected chi connectivity index (χ0v) is 20.1. The first-order valence-corrected chi connectivity index (χ1v) is 12.4. The summed E-state index contributed by atoms with van der Waals surface area (Å²) >= 11 is 0. The second-order valence-electron chi connectivity index (χ2n) is 10.7. The quantitative estimate of drug-likeness (QED) is 0.661. The highest BCUT2D eigenvalue weighted by Crippen LogP contribution is 2.34. The molecule has 1 aromatic rings. The van der Waals surface area contributed by atoms with Crippen LogP contribution in [0.15, 0.2) is 12.4 Å². The van der Waals surface area contributed by atoms with Crippen molar-refractivity contribution in [1.29, 1.82) is 0 Å². The Morgan fingerprint density at radius 1 is 1.00 bits per heavy atom. The Kier molecular flexibility index (Phi) is 6.97. The number of nitrogens with zero attached hydrogens (tertiary/aromatic N) is 5. The number of rotatable bonds is 7. The first-order chi connectivity index (χ1) is 14.8. The van der Waals surface area contributed by atoms with E-state index in [0.29, 0.717) is 30.0 Å². The third kappa shape index (κ3) is 4.95. The highest BCUT2D eigenvalue weighted by atomic mass is 16.1. The fourth-order valence-electron chi connectivity index (χ4n) is 5.94. The minimum Gasteiger partial charge on any atom is -0.332 e. The van der Waals surface area contributed by atoms with Crippen LogP contribution in [0.3, 0.4) is 0 Å². The third-order valence-corrected chi connectivity index (χ3v) is 7.89. The summed E-state index contributed by atoms with van der Waals surface area (Å²) in [6.45, 7) is 11.8. The van der Waals surface area contributed by atoms with Crippen molar-refractivity contribution in [2.75, 3.05) is 25.0 Å². The molecule has 0 spiro atoms. The molecule has 2 unspecified atom stereocenters. The zero-order chi connectivity index (χ0) is 22.1. The van der Waals surface area contributed by atoms with Crippen LogP contribution in [0.1, 0.15) is 71.8 Å². The lowest BCUT2D eigenvalue weighted by molar-refractivity contribution is -0.127. The van der Waals surface area contributed by atoms with Gasteiger partial charge in [-0.2, -0.15) is 0 Å². The summed E-state index contributed by atoms with van der Waals surface area (Å²) in [7, 11) is 2.20. The predicted molar refractivity (Wildman–Crippen MR) is 125 cm³/mol. The first-order valence-electron chi connectivity index (χ1n) is 12.4. The molecule has 0 radical (unpaired) electrons. The van der Waals surface area contributed by atoms with Gasteiger partial charge in [0.2, 0.25) is 5.95 Å². The van der Waals surface area contributed by atoms with E-state index in [0.717, 1.165) is 51.3 Å². The molecule has 2 saturated heterocycles. The summed E-state index contributed by atoms with van der Waals surface area (Å²) in [5.41, 5.74) is 1.18. The number of aromatic nitrogens is 2. The number of piperazine rings is 1. The van der Waals surface area contributed by atoms with Gasteiger partial charge in [-0.25, -0.2) is 9.97 Å². The average Bonchev–Trinajstić information content (AvgIpc) is 3.02. The zero-order valence-electron chi connectivity index (χ0n) is 20.1. The van der Waals surface area contributed by atoms with Crippen LogP contribution in [-0.2, 0) is 11.3 Å². The molecule has 6 heteroatoms. The second-order valence-corrected chi connectivity index (χ2v) is 10.7. The number of carbonyl (C=O) groups excluding carboxylic acids is 1. The van der Waals surface area contributed by atoms with Gasteiger partial charge in [0.05, 0.1) is 0 Å². The molecule has 3 heterocycles. The Morgan fingerprint density at radius 2 is 1.58 bits per heavy atom. The molecule has 4 rings (SSSR count). The van der Waals surface area contributed by atoms with E-state index >= 15 is 0 Å². The number of hydrogen-bond donors (Lipinski definition) is 0. The highest BCUT2D eigenvalue weighted by molar-refractivity contribution is 5.82. The predicted octanol–water partition coefficient (Wildman–Crippen LogP) is 3.75. The number of hydrogen-bond acceptors (Lipinski definition) is 6. The summed E-state index contributed by atoms with van der Waals surface area (Å²) in [4.78, 5) is 29.4. The molecule has 6 nitrogen and oxygen atoms in total. The van der Waals surface area contributed by atoms with E-state index in [4.69, 9.17) is 9.97 Å². The lowest BCUT2D eigenvalue weighted by atomic mass is 9.80. The van der Waals surface area contributed by atoms with Gasteiger partial charge in [0.1, 0.15) is 5.78 Å². The number of anilines is 1. The molecule has 3 fully saturated rings. The summed E-state index contributed by atoms with van der Waals surface area (Å²) in [6.07, 6.45) is 10.9. The smallest absolute Gasteiger partial charge is 0.225 e. The Hall–Kier alpha value is -1.53. The largest absolute Gasteiger partial charge is 0.332 e. The molecular formula is C25H41N5O. The molecule has 1 aromatic heterocycles. The normalized spacial score (nSPS) is 29.4. The topological polar surface area (TPSA) is 52.6 Å². The van der Waals surface area contributed by atoms with Gasteiger partial charge in [-0.1, -0.05) is 13.8 Å². The van der Waals surface area contributed by atoms with Crippen molar-refractivity contribution in [1.82, 2.24) is 19.8 Å². The molecule has 0 N–H and O–H groups in total. The standard InChI is InChI=1S/C25H41N5O/c1-17(2)24(31)20-6-8-21(9-7-20)28(5)14-19-12-26-25(27-13-19)30-22-10-11-23(30)16-29(15-22)18(3)4/h12-13,17-18,20-23H,6-11,14-16H2,1-5H3. The van der Waals surface area contributed by atoms with Gasteiger partial charge in [-0.15, -0.1) is 0 Å². The van der Waals surface area contributed by atoms with Crippen LogP contribution >= 0.6 is 0 Å². The molecule has 0 amide bonds. The minimum absolute atomic E-state index is 0.165. The van der Waals surface area contributed by atoms with Crippen LogP contribution in [0, 0.1) is 11.8 Å². The molecular weight excluding hydrogens is 386 g/mol. The lowest BCUT2D eigenvalue weighted by Crippen LogP contribution is -2.56. The van der Waals surface area contributed by atoms with Gasteiger partial charge in [0.25, 0.3) is 0 Å². The van der Waals surface area contributed by atoms with Crippen molar-refractivity contribution in [3.05, 3.63) is 18.0 Å². The van der Waals surface area contributed by atoms with E-state index in [1.165, 1.54) is 18.4 Å². The van der Waals surface area contributed by atoms with Crippen molar-refractivity contribution in [2.45, 2.75) is 96.9 Å². The van der Waals surface area contributed by atoms with Crippen LogP contribution < -0.4 is 4.90 Å². The second kappa shape index (κ2) is 9.53. The van der Waals surface area contributed by atoms with Crippen molar-refractivity contribution in [3.63, 3.8) is 0 Å². The Morgan fingerprint density at radius 3 is 2.10 bits per heavy atom.